The molecular weight excluding hydrogens is 192 g/mol. The Morgan fingerprint density at radius 3 is 2.58 bits per heavy atom. The van der Waals surface area contributed by atoms with Gasteiger partial charge in [0.2, 0.25) is 0 Å². The van der Waals surface area contributed by atoms with Crippen LogP contribution in [0, 0.1) is 0 Å². The van der Waals surface area contributed by atoms with Gasteiger partial charge in [0.1, 0.15) is 0 Å². The largest absolute Gasteiger partial charge is 0.390 e. The molecule has 1 nitrogen and oxygen atoms in total. The second-order valence-corrected chi connectivity index (χ2v) is 5.32. The van der Waals surface area contributed by atoms with Crippen molar-refractivity contribution in [1.82, 2.24) is 0 Å². The first kappa shape index (κ1) is 10.0. The molecule has 68 valence electrons. The summed E-state index contributed by atoms with van der Waals surface area (Å²) in [4.78, 5) is 1.24. The number of thiophene rings is 1. The van der Waals surface area contributed by atoms with Crippen molar-refractivity contribution in [2.45, 2.75) is 32.3 Å². The van der Waals surface area contributed by atoms with Gasteiger partial charge >= 0.3 is 0 Å². The molecule has 0 spiro atoms. The van der Waals surface area contributed by atoms with Crippen LogP contribution in [-0.4, -0.2) is 10.7 Å². The highest BCUT2D eigenvalue weighted by Crippen LogP contribution is 2.24. The SMILES string of the molecule is CC(C)(O)CCc1ccc(Cl)s1. The van der Waals surface area contributed by atoms with E-state index in [9.17, 15) is 5.11 Å². The molecule has 0 aliphatic heterocycles. The fourth-order valence-electron chi connectivity index (χ4n) is 0.915. The van der Waals surface area contributed by atoms with Crippen molar-refractivity contribution in [3.63, 3.8) is 0 Å². The smallest absolute Gasteiger partial charge is 0.0931 e. The second kappa shape index (κ2) is 3.77. The summed E-state index contributed by atoms with van der Waals surface area (Å²) in [6.07, 6.45) is 1.69. The molecule has 1 rings (SSSR count). The molecule has 0 aliphatic carbocycles. The molecule has 1 heterocycles. The molecular formula is C9H13ClOS. The number of aryl methyl sites for hydroxylation is 1. The van der Waals surface area contributed by atoms with E-state index in [1.807, 2.05) is 26.0 Å². The number of rotatable bonds is 3. The van der Waals surface area contributed by atoms with Gasteiger partial charge in [0.15, 0.2) is 0 Å². The van der Waals surface area contributed by atoms with Crippen molar-refractivity contribution in [3.8, 4) is 0 Å². The average Bonchev–Trinajstić information content (AvgIpc) is 2.30. The Balaban J connectivity index is 2.44. The summed E-state index contributed by atoms with van der Waals surface area (Å²) in [5, 5.41) is 9.46. The maximum Gasteiger partial charge on any atom is 0.0931 e. The first-order valence-electron chi connectivity index (χ1n) is 3.94. The lowest BCUT2D eigenvalue weighted by atomic mass is 10.0. The zero-order chi connectivity index (χ0) is 9.19. The van der Waals surface area contributed by atoms with E-state index in [-0.39, 0.29) is 0 Å². The van der Waals surface area contributed by atoms with Gasteiger partial charge in [-0.1, -0.05) is 11.6 Å². The molecule has 0 bridgehead atoms. The fraction of sp³-hybridized carbons (Fsp3) is 0.556. The van der Waals surface area contributed by atoms with Gasteiger partial charge in [-0.15, -0.1) is 11.3 Å². The normalized spacial score (nSPS) is 12.0. The number of hydrogen-bond acceptors (Lipinski definition) is 2. The third-order valence-corrected chi connectivity index (χ3v) is 2.90. The molecule has 0 saturated heterocycles. The van der Waals surface area contributed by atoms with Crippen LogP contribution >= 0.6 is 22.9 Å². The minimum Gasteiger partial charge on any atom is -0.390 e. The van der Waals surface area contributed by atoms with Crippen molar-refractivity contribution >= 4 is 22.9 Å². The van der Waals surface area contributed by atoms with Gasteiger partial charge < -0.3 is 5.11 Å². The van der Waals surface area contributed by atoms with E-state index >= 15 is 0 Å². The Hall–Kier alpha value is -0.0500. The van der Waals surface area contributed by atoms with Crippen LogP contribution in [0.4, 0.5) is 0 Å². The zero-order valence-corrected chi connectivity index (χ0v) is 8.87. The van der Waals surface area contributed by atoms with Crippen LogP contribution in [0.1, 0.15) is 25.1 Å². The Kier molecular flexibility index (Phi) is 3.16. The van der Waals surface area contributed by atoms with E-state index in [1.165, 1.54) is 4.88 Å². The lowest BCUT2D eigenvalue weighted by molar-refractivity contribution is 0.0716. The molecule has 0 atom stereocenters. The standard InChI is InChI=1S/C9H13ClOS/c1-9(2,11)6-5-7-3-4-8(10)12-7/h3-4,11H,5-6H2,1-2H3. The molecule has 3 heteroatoms. The van der Waals surface area contributed by atoms with E-state index in [0.717, 1.165) is 17.2 Å². The minimum absolute atomic E-state index is 0.573. The molecule has 0 aliphatic rings. The molecule has 1 aromatic rings. The first-order valence-corrected chi connectivity index (χ1v) is 5.13. The monoisotopic (exact) mass is 204 g/mol. The van der Waals surface area contributed by atoms with Crippen LogP contribution in [0.3, 0.4) is 0 Å². The van der Waals surface area contributed by atoms with Gasteiger partial charge in [-0.2, -0.15) is 0 Å². The summed E-state index contributed by atoms with van der Waals surface area (Å²) in [6, 6.07) is 3.91. The number of halogens is 1. The first-order chi connectivity index (χ1) is 5.47. The molecule has 0 saturated carbocycles. The van der Waals surface area contributed by atoms with E-state index in [1.54, 1.807) is 11.3 Å². The van der Waals surface area contributed by atoms with Crippen molar-refractivity contribution in [2.75, 3.05) is 0 Å². The van der Waals surface area contributed by atoms with Gasteiger partial charge in [-0.25, -0.2) is 0 Å². The van der Waals surface area contributed by atoms with Gasteiger partial charge in [-0.3, -0.25) is 0 Å². The predicted octanol–water partition coefficient (Wildman–Crippen LogP) is 3.11. The van der Waals surface area contributed by atoms with E-state index in [2.05, 4.69) is 0 Å². The molecule has 0 unspecified atom stereocenters. The van der Waals surface area contributed by atoms with E-state index in [0.29, 0.717) is 0 Å². The topological polar surface area (TPSA) is 20.2 Å². The number of aliphatic hydroxyl groups is 1. The summed E-state index contributed by atoms with van der Waals surface area (Å²) >= 11 is 7.35. The van der Waals surface area contributed by atoms with Crippen molar-refractivity contribution in [2.24, 2.45) is 0 Å². The fourth-order valence-corrected chi connectivity index (χ4v) is 2.00. The third-order valence-electron chi connectivity index (χ3n) is 1.61. The Morgan fingerprint density at radius 1 is 1.50 bits per heavy atom. The Morgan fingerprint density at radius 2 is 2.17 bits per heavy atom. The molecule has 0 aromatic carbocycles. The second-order valence-electron chi connectivity index (χ2n) is 3.52. The van der Waals surface area contributed by atoms with Crippen LogP contribution < -0.4 is 0 Å². The van der Waals surface area contributed by atoms with E-state index in [4.69, 9.17) is 11.6 Å². The summed E-state index contributed by atoms with van der Waals surface area (Å²) in [7, 11) is 0. The molecule has 12 heavy (non-hydrogen) atoms. The third kappa shape index (κ3) is 3.57. The summed E-state index contributed by atoms with van der Waals surface area (Å²) in [5.74, 6) is 0. The summed E-state index contributed by atoms with van der Waals surface area (Å²) < 4.78 is 0.820. The van der Waals surface area contributed by atoms with Crippen LogP contribution in [0.25, 0.3) is 0 Å². The van der Waals surface area contributed by atoms with Gasteiger partial charge in [0.25, 0.3) is 0 Å². The van der Waals surface area contributed by atoms with Gasteiger partial charge in [-0.05, 0) is 38.8 Å². The zero-order valence-electron chi connectivity index (χ0n) is 7.30. The maximum atomic E-state index is 9.46. The summed E-state index contributed by atoms with van der Waals surface area (Å²) in [6.45, 7) is 3.64. The van der Waals surface area contributed by atoms with Crippen molar-refractivity contribution < 1.29 is 5.11 Å². The van der Waals surface area contributed by atoms with Gasteiger partial charge in [0, 0.05) is 4.88 Å². The van der Waals surface area contributed by atoms with Crippen LogP contribution in [0.5, 0.6) is 0 Å². The highest BCUT2D eigenvalue weighted by molar-refractivity contribution is 7.16. The molecule has 1 N–H and O–H groups in total. The molecule has 1 aromatic heterocycles. The molecule has 0 amide bonds. The lowest BCUT2D eigenvalue weighted by Crippen LogP contribution is -2.18. The quantitative estimate of drug-likeness (QED) is 0.803. The molecule has 0 radical (unpaired) electrons. The van der Waals surface area contributed by atoms with E-state index < -0.39 is 5.60 Å². The van der Waals surface area contributed by atoms with Crippen molar-refractivity contribution in [1.29, 1.82) is 0 Å². The van der Waals surface area contributed by atoms with Crippen LogP contribution in [0.15, 0.2) is 12.1 Å². The highest BCUT2D eigenvalue weighted by Gasteiger charge is 2.12. The van der Waals surface area contributed by atoms with Crippen molar-refractivity contribution in [3.05, 3.63) is 21.3 Å². The van der Waals surface area contributed by atoms with Crippen LogP contribution in [0.2, 0.25) is 4.34 Å². The minimum atomic E-state index is -0.573. The number of hydrogen-bond donors (Lipinski definition) is 1. The average molecular weight is 205 g/mol. The summed E-state index contributed by atoms with van der Waals surface area (Å²) in [5.41, 5.74) is -0.573. The predicted molar refractivity (Wildman–Crippen MR) is 53.9 cm³/mol. The van der Waals surface area contributed by atoms with Gasteiger partial charge in [0.05, 0.1) is 9.94 Å². The Labute approximate surface area is 82.0 Å². The molecule has 0 fully saturated rings. The lowest BCUT2D eigenvalue weighted by Gasteiger charge is -2.15. The van der Waals surface area contributed by atoms with Crippen LogP contribution in [-0.2, 0) is 6.42 Å². The Bertz CT molecular complexity index is 249. The maximum absolute atomic E-state index is 9.46. The highest BCUT2D eigenvalue weighted by atomic mass is 35.5.